The molecule has 0 amide bonds. The van der Waals surface area contributed by atoms with Crippen molar-refractivity contribution in [3.8, 4) is 5.69 Å². The van der Waals surface area contributed by atoms with Crippen molar-refractivity contribution in [3.05, 3.63) is 82.2 Å². The quantitative estimate of drug-likeness (QED) is 0.513. The predicted molar refractivity (Wildman–Crippen MR) is 146 cm³/mol. The molecule has 1 saturated heterocycles. The molecule has 2 fully saturated rings. The number of fused-ring (bicyclic) bond motifs is 1. The Morgan fingerprint density at radius 3 is 2.54 bits per heavy atom. The van der Waals surface area contributed by atoms with Gasteiger partial charge >= 0.3 is 0 Å². The Morgan fingerprint density at radius 1 is 1.14 bits per heavy atom. The van der Waals surface area contributed by atoms with Crippen LogP contribution in [0, 0.1) is 19.8 Å². The highest BCUT2D eigenvalue weighted by atomic mass is 16.1. The molecule has 5 rings (SSSR count). The highest BCUT2D eigenvalue weighted by molar-refractivity contribution is 5.85. The number of nitrogens with zero attached hydrogens (tertiary/aromatic N) is 4. The predicted octanol–water partition coefficient (Wildman–Crippen LogP) is 5.03. The Morgan fingerprint density at radius 2 is 1.89 bits per heavy atom. The Labute approximate surface area is 207 Å². The van der Waals surface area contributed by atoms with Gasteiger partial charge in [-0.15, -0.1) is 0 Å². The van der Waals surface area contributed by atoms with Gasteiger partial charge in [0, 0.05) is 43.1 Å². The number of likely N-dealkylation sites (N-methyl/N-ethyl adjacent to an activating group) is 1. The number of piperazine rings is 1. The molecule has 1 saturated carbocycles. The van der Waals surface area contributed by atoms with E-state index >= 15 is 0 Å². The van der Waals surface area contributed by atoms with Crippen molar-refractivity contribution >= 4 is 22.7 Å². The van der Waals surface area contributed by atoms with Crippen LogP contribution in [0.1, 0.15) is 30.9 Å². The highest BCUT2D eigenvalue weighted by Gasteiger charge is 2.27. The molecule has 2 aromatic heterocycles. The zero-order chi connectivity index (χ0) is 24.7. The van der Waals surface area contributed by atoms with Crippen molar-refractivity contribution in [1.82, 2.24) is 14.5 Å². The largest absolute Gasteiger partial charge is 0.354 e. The summed E-state index contributed by atoms with van der Waals surface area (Å²) >= 11 is 0. The number of hydrogen-bond acceptors (Lipinski definition) is 5. The van der Waals surface area contributed by atoms with Crippen molar-refractivity contribution < 1.29 is 0 Å². The third-order valence-corrected chi connectivity index (χ3v) is 7.31. The monoisotopic (exact) mass is 469 g/mol. The van der Waals surface area contributed by atoms with Gasteiger partial charge in [0.15, 0.2) is 11.1 Å². The summed E-state index contributed by atoms with van der Waals surface area (Å²) in [7, 11) is 2.17. The van der Waals surface area contributed by atoms with E-state index in [0.717, 1.165) is 61.1 Å². The molecule has 1 aromatic carbocycles. The molecule has 6 nitrogen and oxygen atoms in total. The van der Waals surface area contributed by atoms with E-state index in [4.69, 9.17) is 4.98 Å². The molecule has 35 heavy (non-hydrogen) atoms. The maximum absolute atomic E-state index is 13.4. The lowest BCUT2D eigenvalue weighted by Crippen LogP contribution is -2.50. The van der Waals surface area contributed by atoms with Gasteiger partial charge in [-0.1, -0.05) is 30.4 Å². The topological polar surface area (TPSA) is 53.4 Å². The van der Waals surface area contributed by atoms with Crippen LogP contribution in [0.3, 0.4) is 0 Å². The molecule has 1 N–H and O–H groups in total. The van der Waals surface area contributed by atoms with Crippen LogP contribution in [0.15, 0.2) is 65.6 Å². The standard InChI is InChI=1S/C29H35N5O/c1-6-7-24(22-10-11-22)30-27-17-25(35)28-20(3)16-26(33-15-14-32(5)21(4)18-33)31-29(28)34(27)23-12-8-19(2)9-13-23/h6-9,12-13,16-17,21-22,30H,1,10-11,14-15,18H2,2-5H3/b24-7+. The Kier molecular flexibility index (Phi) is 6.24. The van der Waals surface area contributed by atoms with E-state index in [0.29, 0.717) is 23.0 Å². The SMILES string of the molecule is C=C/C=C(/Nc1cc(=O)c2c(C)cc(N3CCN(C)C(C)C3)nc2n1-c1ccc(C)cc1)C1CC1. The summed E-state index contributed by atoms with van der Waals surface area (Å²) in [4.78, 5) is 23.3. The summed E-state index contributed by atoms with van der Waals surface area (Å²) in [5.74, 6) is 2.15. The molecule has 2 aliphatic rings. The third-order valence-electron chi connectivity index (χ3n) is 7.31. The molecule has 3 aromatic rings. The van der Waals surface area contributed by atoms with Gasteiger partial charge in [-0.05, 0) is 76.4 Å². The smallest absolute Gasteiger partial charge is 0.193 e. The van der Waals surface area contributed by atoms with E-state index in [2.05, 4.69) is 77.5 Å². The minimum atomic E-state index is -0.0112. The van der Waals surface area contributed by atoms with Gasteiger partial charge in [0.2, 0.25) is 0 Å². The number of allylic oxidation sites excluding steroid dienone is 3. The third kappa shape index (κ3) is 4.63. The number of hydrogen-bond donors (Lipinski definition) is 1. The van der Waals surface area contributed by atoms with Crippen LogP contribution in [-0.4, -0.2) is 47.2 Å². The fourth-order valence-electron chi connectivity index (χ4n) is 4.89. The number of aryl methyl sites for hydroxylation is 2. The van der Waals surface area contributed by atoms with Crippen molar-refractivity contribution in [2.24, 2.45) is 5.92 Å². The summed E-state index contributed by atoms with van der Waals surface area (Å²) < 4.78 is 2.10. The van der Waals surface area contributed by atoms with Gasteiger partial charge in [0.05, 0.1) is 5.39 Å². The van der Waals surface area contributed by atoms with Crippen molar-refractivity contribution in [3.63, 3.8) is 0 Å². The van der Waals surface area contributed by atoms with Crippen LogP contribution in [0.2, 0.25) is 0 Å². The lowest BCUT2D eigenvalue weighted by atomic mass is 10.1. The van der Waals surface area contributed by atoms with E-state index in [9.17, 15) is 4.79 Å². The second-order valence-corrected chi connectivity index (χ2v) is 10.1. The Balaban J connectivity index is 1.72. The molecule has 1 atom stereocenters. The first-order valence-corrected chi connectivity index (χ1v) is 12.5. The van der Waals surface area contributed by atoms with Crippen LogP contribution < -0.4 is 15.6 Å². The first kappa shape index (κ1) is 23.4. The summed E-state index contributed by atoms with van der Waals surface area (Å²) in [5.41, 5.74) is 4.91. The van der Waals surface area contributed by atoms with Gasteiger partial charge in [-0.2, -0.15) is 0 Å². The minimum absolute atomic E-state index is 0.0112. The van der Waals surface area contributed by atoms with Crippen LogP contribution >= 0.6 is 0 Å². The Bertz CT molecular complexity index is 1350. The average Bonchev–Trinajstić information content (AvgIpc) is 3.67. The van der Waals surface area contributed by atoms with E-state index in [1.807, 2.05) is 19.1 Å². The molecule has 0 spiro atoms. The number of rotatable bonds is 6. The van der Waals surface area contributed by atoms with Crippen LogP contribution in [0.4, 0.5) is 11.6 Å². The highest BCUT2D eigenvalue weighted by Crippen LogP contribution is 2.37. The number of aromatic nitrogens is 2. The van der Waals surface area contributed by atoms with Crippen molar-refractivity contribution in [2.45, 2.75) is 39.7 Å². The molecule has 1 aliphatic heterocycles. The van der Waals surface area contributed by atoms with E-state index in [-0.39, 0.29) is 5.43 Å². The summed E-state index contributed by atoms with van der Waals surface area (Å²) in [6.45, 7) is 13.1. The summed E-state index contributed by atoms with van der Waals surface area (Å²) in [6.07, 6.45) is 6.13. The van der Waals surface area contributed by atoms with Crippen molar-refractivity contribution in [2.75, 3.05) is 36.9 Å². The van der Waals surface area contributed by atoms with Gasteiger partial charge in [-0.3, -0.25) is 9.36 Å². The van der Waals surface area contributed by atoms with Gasteiger partial charge in [0.1, 0.15) is 11.6 Å². The zero-order valence-corrected chi connectivity index (χ0v) is 21.2. The fourth-order valence-corrected chi connectivity index (χ4v) is 4.89. The van der Waals surface area contributed by atoms with Crippen LogP contribution in [-0.2, 0) is 0 Å². The second-order valence-electron chi connectivity index (χ2n) is 10.1. The van der Waals surface area contributed by atoms with Crippen LogP contribution in [0.25, 0.3) is 16.7 Å². The number of pyridine rings is 2. The molecule has 1 unspecified atom stereocenters. The van der Waals surface area contributed by atoms with E-state index in [1.54, 1.807) is 6.07 Å². The molecular weight excluding hydrogens is 434 g/mol. The summed E-state index contributed by atoms with van der Waals surface area (Å²) in [6, 6.07) is 12.6. The summed E-state index contributed by atoms with van der Waals surface area (Å²) in [5, 5.41) is 4.25. The van der Waals surface area contributed by atoms with E-state index in [1.165, 1.54) is 5.56 Å². The van der Waals surface area contributed by atoms with Gasteiger partial charge < -0.3 is 15.1 Å². The maximum atomic E-state index is 13.4. The molecular formula is C29H35N5O. The maximum Gasteiger partial charge on any atom is 0.193 e. The van der Waals surface area contributed by atoms with Gasteiger partial charge in [0.25, 0.3) is 0 Å². The molecule has 0 bridgehead atoms. The molecule has 182 valence electrons. The number of benzene rings is 1. The average molecular weight is 470 g/mol. The number of nitrogens with one attached hydrogen (secondary N) is 1. The second kappa shape index (κ2) is 9.34. The van der Waals surface area contributed by atoms with Crippen molar-refractivity contribution in [1.29, 1.82) is 0 Å². The molecule has 3 heterocycles. The van der Waals surface area contributed by atoms with Crippen LogP contribution in [0.5, 0.6) is 0 Å². The molecule has 6 heteroatoms. The lowest BCUT2D eigenvalue weighted by molar-refractivity contribution is 0.233. The normalized spacial score (nSPS) is 19.3. The lowest BCUT2D eigenvalue weighted by Gasteiger charge is -2.38. The Hall–Kier alpha value is -3.38. The van der Waals surface area contributed by atoms with E-state index < -0.39 is 0 Å². The first-order valence-electron chi connectivity index (χ1n) is 12.5. The molecule has 0 radical (unpaired) electrons. The number of anilines is 2. The first-order chi connectivity index (χ1) is 16.9. The minimum Gasteiger partial charge on any atom is -0.354 e. The fraction of sp³-hybridized carbons (Fsp3) is 0.379. The zero-order valence-electron chi connectivity index (χ0n) is 21.2. The van der Waals surface area contributed by atoms with Gasteiger partial charge in [-0.25, -0.2) is 4.98 Å². The molecule has 1 aliphatic carbocycles.